The normalized spacial score (nSPS) is 11.3. The minimum atomic E-state index is -1.02. The summed E-state index contributed by atoms with van der Waals surface area (Å²) in [6, 6.07) is 6.52. The number of amides is 1. The van der Waals surface area contributed by atoms with Gasteiger partial charge in [-0.3, -0.25) is 9.63 Å². The number of rotatable bonds is 6. The Hall–Kier alpha value is -1.49. The first-order valence-corrected chi connectivity index (χ1v) is 8.89. The van der Waals surface area contributed by atoms with Crippen molar-refractivity contribution in [2.24, 2.45) is 0 Å². The second-order valence-electron chi connectivity index (χ2n) is 6.01. The van der Waals surface area contributed by atoms with E-state index in [9.17, 15) is 13.6 Å². The highest BCUT2D eigenvalue weighted by Gasteiger charge is 2.22. The molecule has 2 aromatic rings. The quantitative estimate of drug-likeness (QED) is 0.410. The van der Waals surface area contributed by atoms with Crippen LogP contribution in [0.25, 0.3) is 0 Å². The zero-order chi connectivity index (χ0) is 19.5. The average Bonchev–Trinajstić information content (AvgIpc) is 2.58. The molecule has 0 unspecified atom stereocenters. The number of aliphatic hydroxyl groups excluding tert-OH is 1. The topological polar surface area (TPSA) is 70.6 Å². The number of benzene rings is 2. The van der Waals surface area contributed by atoms with E-state index in [4.69, 9.17) is 21.5 Å². The minimum absolute atomic E-state index is 0.00918. The van der Waals surface area contributed by atoms with Crippen LogP contribution >= 0.6 is 34.2 Å². The Kier molecular flexibility index (Phi) is 6.78. The first-order valence-electron chi connectivity index (χ1n) is 7.43. The molecular weight excluding hydrogens is 481 g/mol. The standard InChI is InChI=1S/C17H16ClF2IN2O3/c1-17(2,8-24)26-23-16(25)10-6-11(18)12(19)7-15(10)22-14-4-3-9(21)5-13(14)20/h3-7,22,24H,8H2,1-2H3,(H,23,25). The van der Waals surface area contributed by atoms with E-state index in [1.807, 2.05) is 22.6 Å². The van der Waals surface area contributed by atoms with Gasteiger partial charge in [0.15, 0.2) is 0 Å². The average molecular weight is 497 g/mol. The van der Waals surface area contributed by atoms with Gasteiger partial charge in [-0.2, -0.15) is 0 Å². The van der Waals surface area contributed by atoms with Crippen molar-refractivity contribution in [1.82, 2.24) is 5.48 Å². The van der Waals surface area contributed by atoms with Gasteiger partial charge in [-0.15, -0.1) is 0 Å². The summed E-state index contributed by atoms with van der Waals surface area (Å²) in [6.45, 7) is 2.78. The summed E-state index contributed by atoms with van der Waals surface area (Å²) in [7, 11) is 0. The highest BCUT2D eigenvalue weighted by atomic mass is 127. The Morgan fingerprint density at radius 2 is 1.92 bits per heavy atom. The van der Waals surface area contributed by atoms with Gasteiger partial charge in [0.2, 0.25) is 0 Å². The number of nitrogens with one attached hydrogen (secondary N) is 2. The van der Waals surface area contributed by atoms with Gasteiger partial charge in [0.1, 0.15) is 17.2 Å². The fraction of sp³-hybridized carbons (Fsp3) is 0.235. The molecule has 0 aromatic heterocycles. The van der Waals surface area contributed by atoms with E-state index in [0.717, 1.165) is 12.1 Å². The number of carbonyl (C=O) groups is 1. The molecule has 2 rings (SSSR count). The van der Waals surface area contributed by atoms with Gasteiger partial charge in [-0.25, -0.2) is 14.3 Å². The lowest BCUT2D eigenvalue weighted by atomic mass is 10.1. The molecule has 26 heavy (non-hydrogen) atoms. The van der Waals surface area contributed by atoms with Gasteiger partial charge >= 0.3 is 0 Å². The van der Waals surface area contributed by atoms with Crippen LogP contribution in [0.5, 0.6) is 0 Å². The maximum absolute atomic E-state index is 14.1. The fourth-order valence-electron chi connectivity index (χ4n) is 1.85. The maximum atomic E-state index is 14.1. The van der Waals surface area contributed by atoms with Crippen molar-refractivity contribution in [3.05, 3.63) is 56.1 Å². The van der Waals surface area contributed by atoms with Crippen LogP contribution in [0.2, 0.25) is 5.02 Å². The number of aliphatic hydroxyl groups is 1. The van der Waals surface area contributed by atoms with Gasteiger partial charge in [-0.05, 0) is 66.8 Å². The summed E-state index contributed by atoms with van der Waals surface area (Å²) in [6.07, 6.45) is 0. The van der Waals surface area contributed by atoms with E-state index in [2.05, 4.69) is 10.8 Å². The maximum Gasteiger partial charge on any atom is 0.277 e. The van der Waals surface area contributed by atoms with E-state index >= 15 is 0 Å². The van der Waals surface area contributed by atoms with Crippen molar-refractivity contribution < 1.29 is 23.5 Å². The molecule has 0 atom stereocenters. The lowest BCUT2D eigenvalue weighted by Gasteiger charge is -2.22. The van der Waals surface area contributed by atoms with Crippen LogP contribution in [0.3, 0.4) is 0 Å². The number of hydrogen-bond donors (Lipinski definition) is 3. The van der Waals surface area contributed by atoms with Crippen LogP contribution in [0.4, 0.5) is 20.2 Å². The third kappa shape index (κ3) is 5.26. The van der Waals surface area contributed by atoms with E-state index < -0.39 is 23.1 Å². The predicted octanol–water partition coefficient (Wildman–Crippen LogP) is 4.40. The minimum Gasteiger partial charge on any atom is -0.393 e. The number of halogens is 4. The Morgan fingerprint density at radius 3 is 2.54 bits per heavy atom. The van der Waals surface area contributed by atoms with E-state index in [1.54, 1.807) is 19.9 Å². The molecular formula is C17H16ClF2IN2O3. The molecule has 0 aliphatic carbocycles. The third-order valence-corrected chi connectivity index (χ3v) is 4.27. The molecule has 0 bridgehead atoms. The molecule has 0 heterocycles. The molecule has 0 aliphatic rings. The summed E-state index contributed by atoms with van der Waals surface area (Å²) >= 11 is 7.72. The molecule has 3 N–H and O–H groups in total. The summed E-state index contributed by atoms with van der Waals surface area (Å²) in [5, 5.41) is 11.6. The van der Waals surface area contributed by atoms with Crippen molar-refractivity contribution in [3.8, 4) is 0 Å². The smallest absolute Gasteiger partial charge is 0.277 e. The molecule has 0 aliphatic heterocycles. The van der Waals surface area contributed by atoms with Gasteiger partial charge in [-0.1, -0.05) is 11.6 Å². The van der Waals surface area contributed by atoms with E-state index in [-0.39, 0.29) is 28.6 Å². The number of hydroxylamine groups is 1. The second-order valence-corrected chi connectivity index (χ2v) is 7.66. The van der Waals surface area contributed by atoms with Crippen LogP contribution in [-0.2, 0) is 4.84 Å². The summed E-state index contributed by atoms with van der Waals surface area (Å²) in [5.41, 5.74) is 1.18. The van der Waals surface area contributed by atoms with Crippen LogP contribution in [0.1, 0.15) is 24.2 Å². The van der Waals surface area contributed by atoms with Gasteiger partial charge < -0.3 is 10.4 Å². The fourth-order valence-corrected chi connectivity index (χ4v) is 2.46. The van der Waals surface area contributed by atoms with E-state index in [0.29, 0.717) is 3.57 Å². The molecule has 140 valence electrons. The first-order chi connectivity index (χ1) is 12.1. The summed E-state index contributed by atoms with van der Waals surface area (Å²) < 4.78 is 28.6. The Balaban J connectivity index is 2.33. The van der Waals surface area contributed by atoms with Crippen molar-refractivity contribution in [2.45, 2.75) is 19.4 Å². The highest BCUT2D eigenvalue weighted by Crippen LogP contribution is 2.29. The molecule has 9 heteroatoms. The summed E-state index contributed by atoms with van der Waals surface area (Å²) in [4.78, 5) is 17.5. The van der Waals surface area contributed by atoms with Gasteiger partial charge in [0.25, 0.3) is 5.91 Å². The van der Waals surface area contributed by atoms with Gasteiger partial charge in [0.05, 0.1) is 28.6 Å². The molecule has 0 radical (unpaired) electrons. The Morgan fingerprint density at radius 1 is 1.23 bits per heavy atom. The van der Waals surface area contributed by atoms with Crippen LogP contribution in [0, 0.1) is 15.2 Å². The number of hydrogen-bond acceptors (Lipinski definition) is 4. The second kappa shape index (κ2) is 8.47. The molecule has 2 aromatic carbocycles. The molecule has 0 saturated carbocycles. The monoisotopic (exact) mass is 496 g/mol. The first kappa shape index (κ1) is 20.8. The van der Waals surface area contributed by atoms with Crippen molar-refractivity contribution >= 4 is 51.5 Å². The zero-order valence-corrected chi connectivity index (χ0v) is 16.8. The summed E-state index contributed by atoms with van der Waals surface area (Å²) in [5.74, 6) is -2.06. The molecule has 0 saturated heterocycles. The third-order valence-electron chi connectivity index (χ3n) is 3.31. The lowest BCUT2D eigenvalue weighted by molar-refractivity contribution is -0.0956. The van der Waals surface area contributed by atoms with Crippen LogP contribution in [-0.4, -0.2) is 23.2 Å². The Bertz CT molecular complexity index is 834. The molecule has 1 amide bonds. The van der Waals surface area contributed by atoms with Crippen molar-refractivity contribution in [2.75, 3.05) is 11.9 Å². The number of carbonyl (C=O) groups excluding carboxylic acids is 1. The number of anilines is 2. The molecule has 0 spiro atoms. The van der Waals surface area contributed by atoms with Crippen molar-refractivity contribution in [1.29, 1.82) is 0 Å². The molecule has 5 nitrogen and oxygen atoms in total. The van der Waals surface area contributed by atoms with Crippen LogP contribution < -0.4 is 10.8 Å². The molecule has 0 fully saturated rings. The Labute approximate surface area is 167 Å². The van der Waals surface area contributed by atoms with E-state index in [1.165, 1.54) is 12.1 Å². The van der Waals surface area contributed by atoms with Crippen LogP contribution in [0.15, 0.2) is 30.3 Å². The predicted molar refractivity (Wildman–Crippen MR) is 104 cm³/mol. The largest absolute Gasteiger partial charge is 0.393 e. The van der Waals surface area contributed by atoms with Gasteiger partial charge in [0, 0.05) is 3.57 Å². The van der Waals surface area contributed by atoms with Crippen molar-refractivity contribution in [3.63, 3.8) is 0 Å². The highest BCUT2D eigenvalue weighted by molar-refractivity contribution is 14.1. The lowest BCUT2D eigenvalue weighted by Crippen LogP contribution is -2.38. The zero-order valence-electron chi connectivity index (χ0n) is 13.9. The SMILES string of the molecule is CC(C)(CO)ONC(=O)c1cc(Cl)c(F)cc1Nc1ccc(I)cc1F.